The number of hydrogen-bond donors (Lipinski definition) is 1. The first-order chi connectivity index (χ1) is 12.0. The van der Waals surface area contributed by atoms with E-state index in [1.807, 2.05) is 6.20 Å². The Bertz CT molecular complexity index is 796. The first kappa shape index (κ1) is 17.4. The lowest BCUT2D eigenvalue weighted by Gasteiger charge is -2.46. The molecule has 3 heterocycles. The number of halogens is 4. The first-order valence-corrected chi connectivity index (χ1v) is 10.1. The number of fused-ring (bicyclic) bond motifs is 3. The Kier molecular flexibility index (Phi) is 4.60. The van der Waals surface area contributed by atoms with Crippen LogP contribution in [-0.2, 0) is 12.6 Å². The molecule has 1 saturated heterocycles. The van der Waals surface area contributed by atoms with Gasteiger partial charge in [-0.15, -0.1) is 0 Å². The molecule has 2 bridgehead atoms. The minimum absolute atomic E-state index is 0.484. The van der Waals surface area contributed by atoms with Gasteiger partial charge in [0.15, 0.2) is 0 Å². The Balaban J connectivity index is 1.53. The number of rotatable bonds is 4. The van der Waals surface area contributed by atoms with Crippen molar-refractivity contribution in [1.82, 2.24) is 9.88 Å². The third-order valence-corrected chi connectivity index (χ3v) is 6.65. The number of aromatic amines is 1. The van der Waals surface area contributed by atoms with Gasteiger partial charge in [0.1, 0.15) is 0 Å². The van der Waals surface area contributed by atoms with Crippen molar-refractivity contribution in [3.8, 4) is 0 Å². The first-order valence-electron chi connectivity index (χ1n) is 8.61. The standard InChI is InChI=1S/C19H20F3IN2/c20-19(21,22)15-2-3-17-16(8-15)13(10-24-17)5-6-25-11-12-1-4-18(25)14(7-12)9-23/h1-4,8,10,12,14,18,24H,5-7,9,11H2. The molecule has 25 heavy (non-hydrogen) atoms. The van der Waals surface area contributed by atoms with Crippen molar-refractivity contribution >= 4 is 33.5 Å². The number of benzene rings is 1. The van der Waals surface area contributed by atoms with Crippen LogP contribution < -0.4 is 0 Å². The van der Waals surface area contributed by atoms with Crippen molar-refractivity contribution in [1.29, 1.82) is 0 Å². The average Bonchev–Trinajstić information content (AvgIpc) is 3.02. The second kappa shape index (κ2) is 6.61. The molecule has 6 heteroatoms. The zero-order valence-corrected chi connectivity index (χ0v) is 15.8. The van der Waals surface area contributed by atoms with E-state index < -0.39 is 11.7 Å². The van der Waals surface area contributed by atoms with Crippen LogP contribution in [0.25, 0.3) is 10.9 Å². The third-order valence-electron chi connectivity index (χ3n) is 5.52. The van der Waals surface area contributed by atoms with E-state index in [9.17, 15) is 13.2 Å². The summed E-state index contributed by atoms with van der Waals surface area (Å²) in [6, 6.07) is 4.43. The smallest absolute Gasteiger partial charge is 0.361 e. The van der Waals surface area contributed by atoms with Gasteiger partial charge < -0.3 is 4.98 Å². The highest BCUT2D eigenvalue weighted by molar-refractivity contribution is 14.1. The van der Waals surface area contributed by atoms with Crippen molar-refractivity contribution in [3.63, 3.8) is 0 Å². The molecule has 1 aromatic heterocycles. The number of aromatic nitrogens is 1. The number of hydrogen-bond acceptors (Lipinski definition) is 1. The van der Waals surface area contributed by atoms with Gasteiger partial charge in [0.2, 0.25) is 0 Å². The van der Waals surface area contributed by atoms with E-state index in [4.69, 9.17) is 0 Å². The van der Waals surface area contributed by atoms with Crippen molar-refractivity contribution in [2.75, 3.05) is 17.5 Å². The quantitative estimate of drug-likeness (QED) is 0.385. The number of nitrogens with zero attached hydrogens (tertiary/aromatic N) is 1. The predicted octanol–water partition coefficient (Wildman–Crippen LogP) is 5.04. The third kappa shape index (κ3) is 3.35. The van der Waals surface area contributed by atoms with Crippen LogP contribution in [0.5, 0.6) is 0 Å². The van der Waals surface area contributed by atoms with Crippen LogP contribution in [0.1, 0.15) is 17.5 Å². The zero-order chi connectivity index (χ0) is 17.6. The van der Waals surface area contributed by atoms with Crippen molar-refractivity contribution in [2.45, 2.75) is 25.1 Å². The fourth-order valence-corrected chi connectivity index (χ4v) is 5.11. The summed E-state index contributed by atoms with van der Waals surface area (Å²) in [6.45, 7) is 1.96. The molecule has 0 saturated carbocycles. The maximum atomic E-state index is 13.0. The molecule has 3 aliphatic rings. The van der Waals surface area contributed by atoms with E-state index in [1.54, 1.807) is 0 Å². The molecule has 3 atom stereocenters. The Labute approximate surface area is 158 Å². The van der Waals surface area contributed by atoms with Gasteiger partial charge in [-0.1, -0.05) is 34.7 Å². The molecule has 0 amide bonds. The summed E-state index contributed by atoms with van der Waals surface area (Å²) in [6.07, 6.45) is 4.27. The fraction of sp³-hybridized carbons (Fsp3) is 0.474. The molecule has 0 spiro atoms. The lowest BCUT2D eigenvalue weighted by molar-refractivity contribution is -0.137. The molecular weight excluding hydrogens is 440 g/mol. The van der Waals surface area contributed by atoms with Crippen LogP contribution in [0.15, 0.2) is 36.5 Å². The summed E-state index contributed by atoms with van der Waals surface area (Å²) in [5, 5.41) is 0.693. The molecule has 0 radical (unpaired) electrons. The molecule has 5 rings (SSSR count). The number of H-pyrrole nitrogens is 1. The lowest BCUT2D eigenvalue weighted by Crippen LogP contribution is -2.51. The van der Waals surface area contributed by atoms with Gasteiger partial charge in [-0.05, 0) is 48.4 Å². The highest BCUT2D eigenvalue weighted by atomic mass is 127. The summed E-state index contributed by atoms with van der Waals surface area (Å²) in [4.78, 5) is 5.61. The normalized spacial score (nSPS) is 26.6. The van der Waals surface area contributed by atoms with E-state index in [-0.39, 0.29) is 0 Å². The van der Waals surface area contributed by atoms with Gasteiger partial charge in [-0.3, -0.25) is 4.90 Å². The second-order valence-corrected chi connectivity index (χ2v) is 7.98. The molecule has 2 nitrogen and oxygen atoms in total. The summed E-state index contributed by atoms with van der Waals surface area (Å²) < 4.78 is 40.1. The van der Waals surface area contributed by atoms with Crippen LogP contribution in [0.4, 0.5) is 13.2 Å². The van der Waals surface area contributed by atoms with Crippen LogP contribution in [-0.4, -0.2) is 33.4 Å². The lowest BCUT2D eigenvalue weighted by atomic mass is 9.78. The molecule has 2 aromatic rings. The minimum Gasteiger partial charge on any atom is -0.361 e. The van der Waals surface area contributed by atoms with E-state index in [1.165, 1.54) is 18.6 Å². The zero-order valence-electron chi connectivity index (χ0n) is 13.7. The highest BCUT2D eigenvalue weighted by Gasteiger charge is 2.36. The molecule has 3 unspecified atom stereocenters. The van der Waals surface area contributed by atoms with Crippen LogP contribution in [0, 0.1) is 11.8 Å². The maximum absolute atomic E-state index is 13.0. The Morgan fingerprint density at radius 3 is 2.80 bits per heavy atom. The second-order valence-electron chi connectivity index (χ2n) is 7.10. The van der Waals surface area contributed by atoms with Gasteiger partial charge >= 0.3 is 6.18 Å². The van der Waals surface area contributed by atoms with E-state index in [0.29, 0.717) is 23.3 Å². The van der Waals surface area contributed by atoms with E-state index >= 15 is 0 Å². The molecule has 1 fully saturated rings. The van der Waals surface area contributed by atoms with Crippen molar-refractivity contribution in [3.05, 3.63) is 47.7 Å². The van der Waals surface area contributed by atoms with Crippen LogP contribution >= 0.6 is 22.6 Å². The Hall–Kier alpha value is -1.02. The summed E-state index contributed by atoms with van der Waals surface area (Å²) in [5.74, 6) is 1.33. The summed E-state index contributed by atoms with van der Waals surface area (Å²) >= 11 is 2.47. The molecule has 2 aliphatic heterocycles. The largest absolute Gasteiger partial charge is 0.416 e. The fourth-order valence-electron chi connectivity index (χ4n) is 4.23. The monoisotopic (exact) mass is 460 g/mol. The van der Waals surface area contributed by atoms with Gasteiger partial charge in [0.05, 0.1) is 5.56 Å². The Morgan fingerprint density at radius 2 is 2.08 bits per heavy atom. The van der Waals surface area contributed by atoms with Crippen LogP contribution in [0.3, 0.4) is 0 Å². The SMILES string of the molecule is FC(F)(F)c1ccc2[nH]cc(CCN3CC4C=CC3C(CI)C4)c2c1. The molecule has 134 valence electrons. The number of piperidine rings is 1. The maximum Gasteiger partial charge on any atom is 0.416 e. The molecule has 1 aromatic carbocycles. The number of nitrogens with one attached hydrogen (secondary N) is 1. The van der Waals surface area contributed by atoms with E-state index in [0.717, 1.165) is 41.1 Å². The van der Waals surface area contributed by atoms with Gasteiger partial charge in [0, 0.05) is 40.7 Å². The van der Waals surface area contributed by atoms with Gasteiger partial charge in [-0.25, -0.2) is 0 Å². The highest BCUT2D eigenvalue weighted by Crippen LogP contribution is 2.36. The minimum atomic E-state index is -4.30. The van der Waals surface area contributed by atoms with E-state index in [2.05, 4.69) is 44.6 Å². The topological polar surface area (TPSA) is 19.0 Å². The van der Waals surface area contributed by atoms with Crippen LogP contribution in [0.2, 0.25) is 0 Å². The summed E-state index contributed by atoms with van der Waals surface area (Å²) in [7, 11) is 0. The summed E-state index contributed by atoms with van der Waals surface area (Å²) in [5.41, 5.74) is 1.16. The molecule has 1 aliphatic carbocycles. The van der Waals surface area contributed by atoms with Gasteiger partial charge in [0.25, 0.3) is 0 Å². The van der Waals surface area contributed by atoms with Crippen molar-refractivity contribution in [2.24, 2.45) is 11.8 Å². The predicted molar refractivity (Wildman–Crippen MR) is 102 cm³/mol. The average molecular weight is 460 g/mol. The van der Waals surface area contributed by atoms with Crippen molar-refractivity contribution < 1.29 is 13.2 Å². The number of alkyl halides is 4. The Morgan fingerprint density at radius 1 is 1.24 bits per heavy atom. The molecule has 1 N–H and O–H groups in total. The molecular formula is C19H20F3IN2. The van der Waals surface area contributed by atoms with Gasteiger partial charge in [-0.2, -0.15) is 13.2 Å².